The molecule has 0 saturated carbocycles. The molecule has 0 spiro atoms. The Labute approximate surface area is 117 Å². The second-order valence-electron chi connectivity index (χ2n) is 4.89. The van der Waals surface area contributed by atoms with Gasteiger partial charge in [-0.05, 0) is 49.6 Å². The number of benzene rings is 1. The Morgan fingerprint density at radius 2 is 1.90 bits per heavy atom. The summed E-state index contributed by atoms with van der Waals surface area (Å²) >= 11 is 0. The first-order valence-electron chi connectivity index (χ1n) is 6.88. The highest BCUT2D eigenvalue weighted by atomic mass is 19.1. The minimum Gasteiger partial charge on any atom is -0.472 e. The Hall–Kier alpha value is -1.68. The van der Waals surface area contributed by atoms with Gasteiger partial charge in [-0.1, -0.05) is 13.0 Å². The molecule has 0 aliphatic rings. The summed E-state index contributed by atoms with van der Waals surface area (Å²) < 4.78 is 32.5. The molecule has 0 amide bonds. The fourth-order valence-corrected chi connectivity index (χ4v) is 2.23. The molecule has 0 aliphatic heterocycles. The summed E-state index contributed by atoms with van der Waals surface area (Å²) in [5.41, 5.74) is 1.17. The first-order chi connectivity index (χ1) is 9.70. The SMILES string of the molecule is CCCNC(Cc1ccoc1)Cc1c(F)cccc1F. The third-order valence-corrected chi connectivity index (χ3v) is 3.26. The summed E-state index contributed by atoms with van der Waals surface area (Å²) in [7, 11) is 0. The quantitative estimate of drug-likeness (QED) is 0.835. The maximum absolute atomic E-state index is 13.7. The third kappa shape index (κ3) is 3.90. The van der Waals surface area contributed by atoms with E-state index in [1.807, 2.05) is 6.07 Å². The summed E-state index contributed by atoms with van der Waals surface area (Å²) in [6.07, 6.45) is 5.25. The van der Waals surface area contributed by atoms with Gasteiger partial charge in [0.2, 0.25) is 0 Å². The summed E-state index contributed by atoms with van der Waals surface area (Å²) in [6.45, 7) is 2.88. The highest BCUT2D eigenvalue weighted by Gasteiger charge is 2.16. The van der Waals surface area contributed by atoms with Crippen LogP contribution in [0.1, 0.15) is 24.5 Å². The third-order valence-electron chi connectivity index (χ3n) is 3.26. The highest BCUT2D eigenvalue weighted by Crippen LogP contribution is 2.16. The summed E-state index contributed by atoms with van der Waals surface area (Å²) in [6, 6.07) is 5.84. The molecule has 2 aromatic rings. The van der Waals surface area contributed by atoms with Gasteiger partial charge < -0.3 is 9.73 Å². The molecule has 20 heavy (non-hydrogen) atoms. The van der Waals surface area contributed by atoms with Crippen LogP contribution in [0.3, 0.4) is 0 Å². The van der Waals surface area contributed by atoms with Crippen LogP contribution in [0.15, 0.2) is 41.2 Å². The number of furan rings is 1. The van der Waals surface area contributed by atoms with E-state index in [4.69, 9.17) is 4.42 Å². The Morgan fingerprint density at radius 1 is 1.15 bits per heavy atom. The molecule has 1 aromatic heterocycles. The smallest absolute Gasteiger partial charge is 0.129 e. The molecular formula is C16H19F2NO. The first kappa shape index (κ1) is 14.7. The van der Waals surface area contributed by atoms with Crippen LogP contribution in [0.4, 0.5) is 8.78 Å². The number of hydrogen-bond donors (Lipinski definition) is 1. The van der Waals surface area contributed by atoms with Crippen LogP contribution in [-0.2, 0) is 12.8 Å². The molecule has 0 fully saturated rings. The van der Waals surface area contributed by atoms with Crippen molar-refractivity contribution in [2.24, 2.45) is 0 Å². The number of hydrogen-bond acceptors (Lipinski definition) is 2. The average molecular weight is 279 g/mol. The summed E-state index contributed by atoms with van der Waals surface area (Å²) in [5, 5.41) is 3.34. The normalized spacial score (nSPS) is 12.6. The van der Waals surface area contributed by atoms with Gasteiger partial charge in [0.05, 0.1) is 12.5 Å². The van der Waals surface area contributed by atoms with Crippen LogP contribution in [0.25, 0.3) is 0 Å². The van der Waals surface area contributed by atoms with Gasteiger partial charge in [0.15, 0.2) is 0 Å². The molecule has 1 N–H and O–H groups in total. The van der Waals surface area contributed by atoms with Crippen molar-refractivity contribution in [3.05, 3.63) is 59.6 Å². The van der Waals surface area contributed by atoms with E-state index in [1.165, 1.54) is 18.2 Å². The number of rotatable bonds is 7. The zero-order chi connectivity index (χ0) is 14.4. The van der Waals surface area contributed by atoms with Crippen LogP contribution >= 0.6 is 0 Å². The molecule has 0 aliphatic carbocycles. The molecule has 1 unspecified atom stereocenters. The number of nitrogens with one attached hydrogen (secondary N) is 1. The molecule has 0 bridgehead atoms. The first-order valence-corrected chi connectivity index (χ1v) is 6.88. The monoisotopic (exact) mass is 279 g/mol. The lowest BCUT2D eigenvalue weighted by atomic mass is 9.99. The molecule has 2 rings (SSSR count). The molecule has 4 heteroatoms. The van der Waals surface area contributed by atoms with Crippen molar-refractivity contribution >= 4 is 0 Å². The fourth-order valence-electron chi connectivity index (χ4n) is 2.23. The summed E-state index contributed by atoms with van der Waals surface area (Å²) in [4.78, 5) is 0. The fraction of sp³-hybridized carbons (Fsp3) is 0.375. The molecule has 0 saturated heterocycles. The van der Waals surface area contributed by atoms with Gasteiger partial charge in [0, 0.05) is 11.6 Å². The van der Waals surface area contributed by atoms with Gasteiger partial charge in [-0.15, -0.1) is 0 Å². The van der Waals surface area contributed by atoms with Crippen molar-refractivity contribution in [2.75, 3.05) is 6.54 Å². The van der Waals surface area contributed by atoms with Crippen molar-refractivity contribution < 1.29 is 13.2 Å². The van der Waals surface area contributed by atoms with Gasteiger partial charge in [0.25, 0.3) is 0 Å². The molecule has 0 radical (unpaired) electrons. The standard InChI is InChI=1S/C16H19F2NO/c1-2-7-19-13(9-12-6-8-20-11-12)10-14-15(17)4-3-5-16(14)18/h3-6,8,11,13,19H,2,7,9-10H2,1H3. The van der Waals surface area contributed by atoms with Crippen molar-refractivity contribution in [3.8, 4) is 0 Å². The lowest BCUT2D eigenvalue weighted by Crippen LogP contribution is -2.34. The van der Waals surface area contributed by atoms with E-state index < -0.39 is 11.6 Å². The predicted molar refractivity (Wildman–Crippen MR) is 74.6 cm³/mol. The topological polar surface area (TPSA) is 25.2 Å². The Kier molecular flexibility index (Phi) is 5.30. The largest absolute Gasteiger partial charge is 0.472 e. The molecule has 2 nitrogen and oxygen atoms in total. The average Bonchev–Trinajstić information content (AvgIpc) is 2.93. The zero-order valence-corrected chi connectivity index (χ0v) is 11.5. The van der Waals surface area contributed by atoms with Gasteiger partial charge in [-0.25, -0.2) is 8.78 Å². The maximum atomic E-state index is 13.7. The van der Waals surface area contributed by atoms with E-state index in [9.17, 15) is 8.78 Å². The van der Waals surface area contributed by atoms with Gasteiger partial charge in [-0.3, -0.25) is 0 Å². The maximum Gasteiger partial charge on any atom is 0.129 e. The van der Waals surface area contributed by atoms with Crippen LogP contribution in [0.5, 0.6) is 0 Å². The summed E-state index contributed by atoms with van der Waals surface area (Å²) in [5.74, 6) is -0.971. The second kappa shape index (κ2) is 7.20. The van der Waals surface area contributed by atoms with E-state index in [2.05, 4.69) is 12.2 Å². The van der Waals surface area contributed by atoms with Crippen molar-refractivity contribution in [3.63, 3.8) is 0 Å². The van der Waals surface area contributed by atoms with Crippen molar-refractivity contribution in [1.82, 2.24) is 5.32 Å². The van der Waals surface area contributed by atoms with Gasteiger partial charge in [-0.2, -0.15) is 0 Å². The van der Waals surface area contributed by atoms with Crippen molar-refractivity contribution in [1.29, 1.82) is 0 Å². The second-order valence-corrected chi connectivity index (χ2v) is 4.89. The van der Waals surface area contributed by atoms with Crippen LogP contribution in [-0.4, -0.2) is 12.6 Å². The van der Waals surface area contributed by atoms with Gasteiger partial charge >= 0.3 is 0 Å². The molecule has 1 atom stereocenters. The van der Waals surface area contributed by atoms with Crippen LogP contribution in [0.2, 0.25) is 0 Å². The minimum absolute atomic E-state index is 0.0149. The molecular weight excluding hydrogens is 260 g/mol. The lowest BCUT2D eigenvalue weighted by molar-refractivity contribution is 0.472. The van der Waals surface area contributed by atoms with E-state index in [0.29, 0.717) is 12.8 Å². The van der Waals surface area contributed by atoms with E-state index in [-0.39, 0.29) is 11.6 Å². The lowest BCUT2D eigenvalue weighted by Gasteiger charge is -2.18. The zero-order valence-electron chi connectivity index (χ0n) is 11.5. The van der Waals surface area contributed by atoms with E-state index in [0.717, 1.165) is 18.5 Å². The van der Waals surface area contributed by atoms with E-state index >= 15 is 0 Å². The predicted octanol–water partition coefficient (Wildman–Crippen LogP) is 3.71. The van der Waals surface area contributed by atoms with E-state index in [1.54, 1.807) is 12.5 Å². The highest BCUT2D eigenvalue weighted by molar-refractivity contribution is 5.21. The molecule has 1 heterocycles. The van der Waals surface area contributed by atoms with Crippen molar-refractivity contribution in [2.45, 2.75) is 32.2 Å². The Balaban J connectivity index is 2.10. The van der Waals surface area contributed by atoms with Crippen LogP contribution in [0, 0.1) is 11.6 Å². The van der Waals surface area contributed by atoms with Crippen LogP contribution < -0.4 is 5.32 Å². The minimum atomic E-state index is -0.486. The molecule has 1 aromatic carbocycles. The molecule has 108 valence electrons. The Morgan fingerprint density at radius 3 is 2.50 bits per heavy atom. The van der Waals surface area contributed by atoms with Gasteiger partial charge in [0.1, 0.15) is 11.6 Å². The number of halogens is 2. The Bertz CT molecular complexity index is 505.